The molecule has 5 nitrogen and oxygen atoms in total. The number of aliphatic hydroxyl groups excluding tert-OH is 1. The lowest BCUT2D eigenvalue weighted by Gasteiger charge is -2.11. The molecule has 1 unspecified atom stereocenters. The van der Waals surface area contributed by atoms with Gasteiger partial charge in [0.2, 0.25) is 0 Å². The normalized spacial score (nSPS) is 12.5. The lowest BCUT2D eigenvalue weighted by Crippen LogP contribution is -2.13. The number of hydrogen-bond acceptors (Lipinski definition) is 5. The third-order valence-electron chi connectivity index (χ3n) is 3.85. The quantitative estimate of drug-likeness (QED) is 0.652. The Morgan fingerprint density at radius 1 is 1.21 bits per heavy atom. The number of nitrogens with zero attached hydrogens (tertiary/aromatic N) is 1. The zero-order valence-corrected chi connectivity index (χ0v) is 15.3. The molecule has 1 heterocycles. The average Bonchev–Trinajstić information content (AvgIpc) is 3.17. The van der Waals surface area contributed by atoms with Gasteiger partial charge in [-0.05, 0) is 29.8 Å². The second-order valence-corrected chi connectivity index (χ2v) is 6.67. The largest absolute Gasteiger partial charge is 0.497 e. The maximum absolute atomic E-state index is 12.8. The van der Waals surface area contributed by atoms with E-state index >= 15 is 0 Å². The van der Waals surface area contributed by atoms with Crippen LogP contribution in [0.15, 0.2) is 53.9 Å². The maximum Gasteiger partial charge on any atom is 0.416 e. The molecule has 0 radical (unpaired) electrons. The fraction of sp³-hybridized carbons (Fsp3) is 0.158. The van der Waals surface area contributed by atoms with Crippen LogP contribution in [0.5, 0.6) is 5.75 Å². The number of benzene rings is 2. The number of methoxy groups -OCH3 is 1. The van der Waals surface area contributed by atoms with Gasteiger partial charge in [-0.25, -0.2) is 4.98 Å². The molecule has 146 valence electrons. The monoisotopic (exact) mass is 408 g/mol. The van der Waals surface area contributed by atoms with Crippen molar-refractivity contribution in [3.63, 3.8) is 0 Å². The van der Waals surface area contributed by atoms with E-state index in [1.807, 2.05) is 0 Å². The van der Waals surface area contributed by atoms with E-state index < -0.39 is 23.8 Å². The van der Waals surface area contributed by atoms with Crippen LogP contribution in [0.25, 0.3) is 0 Å². The first-order valence-corrected chi connectivity index (χ1v) is 8.92. The third-order valence-corrected chi connectivity index (χ3v) is 4.74. The lowest BCUT2D eigenvalue weighted by molar-refractivity contribution is -0.137. The molecule has 3 rings (SSSR count). The standard InChI is InChI=1S/C19H15F3N2O3S/c1-27-14-7-3-6-13(9-14)23-17(26)15-10-28-18(24-15)16(25)11-4-2-5-12(8-11)19(20,21)22/h2-10,16,25H,1H3,(H,23,26). The van der Waals surface area contributed by atoms with Crippen LogP contribution in [0.3, 0.4) is 0 Å². The topological polar surface area (TPSA) is 71.5 Å². The van der Waals surface area contributed by atoms with Gasteiger partial charge in [-0.1, -0.05) is 18.2 Å². The Morgan fingerprint density at radius 3 is 2.68 bits per heavy atom. The van der Waals surface area contributed by atoms with E-state index in [9.17, 15) is 23.1 Å². The molecule has 1 amide bonds. The molecule has 0 aliphatic rings. The fourth-order valence-electron chi connectivity index (χ4n) is 2.44. The summed E-state index contributed by atoms with van der Waals surface area (Å²) in [6.45, 7) is 0. The highest BCUT2D eigenvalue weighted by molar-refractivity contribution is 7.10. The zero-order valence-electron chi connectivity index (χ0n) is 14.5. The predicted molar refractivity (Wildman–Crippen MR) is 98.6 cm³/mol. The highest BCUT2D eigenvalue weighted by atomic mass is 32.1. The zero-order chi connectivity index (χ0) is 20.3. The molecule has 2 N–H and O–H groups in total. The molecule has 0 saturated heterocycles. The first-order chi connectivity index (χ1) is 13.3. The van der Waals surface area contributed by atoms with Crippen molar-refractivity contribution in [2.45, 2.75) is 12.3 Å². The summed E-state index contributed by atoms with van der Waals surface area (Å²) in [6.07, 6.45) is -5.88. The van der Waals surface area contributed by atoms with Gasteiger partial charge in [0.1, 0.15) is 22.6 Å². The summed E-state index contributed by atoms with van der Waals surface area (Å²) < 4.78 is 43.6. The van der Waals surface area contributed by atoms with Gasteiger partial charge in [0.05, 0.1) is 12.7 Å². The van der Waals surface area contributed by atoms with Crippen molar-refractivity contribution in [3.8, 4) is 5.75 Å². The Balaban J connectivity index is 1.77. The molecule has 28 heavy (non-hydrogen) atoms. The summed E-state index contributed by atoms with van der Waals surface area (Å²) in [5, 5.41) is 14.6. The number of aliphatic hydroxyl groups is 1. The molecular formula is C19H15F3N2O3S. The summed E-state index contributed by atoms with van der Waals surface area (Å²) in [5.41, 5.74) is -0.272. The summed E-state index contributed by atoms with van der Waals surface area (Å²) in [6, 6.07) is 11.1. The highest BCUT2D eigenvalue weighted by Crippen LogP contribution is 2.32. The number of halogens is 3. The van der Waals surface area contributed by atoms with Crippen molar-refractivity contribution >= 4 is 22.9 Å². The first kappa shape index (κ1) is 19.8. The van der Waals surface area contributed by atoms with Crippen LogP contribution in [-0.2, 0) is 6.18 Å². The Kier molecular flexibility index (Phi) is 5.66. The van der Waals surface area contributed by atoms with E-state index in [-0.39, 0.29) is 16.3 Å². The molecule has 0 bridgehead atoms. The van der Waals surface area contributed by atoms with Gasteiger partial charge in [-0.3, -0.25) is 4.79 Å². The van der Waals surface area contributed by atoms with Crippen LogP contribution >= 0.6 is 11.3 Å². The van der Waals surface area contributed by atoms with E-state index in [0.717, 1.165) is 23.5 Å². The van der Waals surface area contributed by atoms with E-state index in [1.165, 1.54) is 24.6 Å². The average molecular weight is 408 g/mol. The molecular weight excluding hydrogens is 393 g/mol. The van der Waals surface area contributed by atoms with Crippen LogP contribution in [0, 0.1) is 0 Å². The number of amides is 1. The van der Waals surface area contributed by atoms with Gasteiger partial charge < -0.3 is 15.2 Å². The van der Waals surface area contributed by atoms with Gasteiger partial charge >= 0.3 is 6.18 Å². The SMILES string of the molecule is COc1cccc(NC(=O)c2csc(C(O)c3cccc(C(F)(F)F)c3)n2)c1. The second kappa shape index (κ2) is 7.99. The fourth-order valence-corrected chi connectivity index (χ4v) is 3.25. The molecule has 1 aromatic heterocycles. The number of carbonyl (C=O) groups is 1. The van der Waals surface area contributed by atoms with Crippen molar-refractivity contribution < 1.29 is 27.8 Å². The Labute approximate surface area is 162 Å². The summed E-state index contributed by atoms with van der Waals surface area (Å²) in [7, 11) is 1.50. The number of alkyl halides is 3. The Morgan fingerprint density at radius 2 is 1.96 bits per heavy atom. The van der Waals surface area contributed by atoms with Crippen molar-refractivity contribution in [2.75, 3.05) is 12.4 Å². The van der Waals surface area contributed by atoms with Crippen molar-refractivity contribution in [1.29, 1.82) is 0 Å². The number of aromatic nitrogens is 1. The smallest absolute Gasteiger partial charge is 0.416 e. The van der Waals surface area contributed by atoms with E-state index in [4.69, 9.17) is 4.74 Å². The third kappa shape index (κ3) is 4.49. The number of rotatable bonds is 5. The van der Waals surface area contributed by atoms with Crippen molar-refractivity contribution in [3.05, 3.63) is 75.7 Å². The number of hydrogen-bond donors (Lipinski definition) is 2. The minimum absolute atomic E-state index is 0.0453. The number of ether oxygens (including phenoxy) is 1. The highest BCUT2D eigenvalue weighted by Gasteiger charge is 2.31. The van der Waals surface area contributed by atoms with Crippen molar-refractivity contribution in [2.24, 2.45) is 0 Å². The van der Waals surface area contributed by atoms with E-state index in [0.29, 0.717) is 11.4 Å². The molecule has 1 atom stereocenters. The number of anilines is 1. The van der Waals surface area contributed by atoms with Crippen LogP contribution in [0.1, 0.15) is 32.7 Å². The maximum atomic E-state index is 12.8. The van der Waals surface area contributed by atoms with Gasteiger partial charge in [0.25, 0.3) is 5.91 Å². The minimum Gasteiger partial charge on any atom is -0.497 e. The molecule has 0 saturated carbocycles. The predicted octanol–water partition coefficient (Wildman–Crippen LogP) is 4.50. The Bertz CT molecular complexity index is 988. The van der Waals surface area contributed by atoms with Crippen LogP contribution in [0.4, 0.5) is 18.9 Å². The van der Waals surface area contributed by atoms with Crippen LogP contribution in [-0.4, -0.2) is 23.1 Å². The van der Waals surface area contributed by atoms with Crippen molar-refractivity contribution in [1.82, 2.24) is 4.98 Å². The first-order valence-electron chi connectivity index (χ1n) is 8.04. The van der Waals surface area contributed by atoms with Gasteiger partial charge in [0.15, 0.2) is 0 Å². The summed E-state index contributed by atoms with van der Waals surface area (Å²) >= 11 is 0.984. The number of nitrogens with one attached hydrogen (secondary N) is 1. The van der Waals surface area contributed by atoms with Gasteiger partial charge in [0, 0.05) is 17.1 Å². The summed E-state index contributed by atoms with van der Waals surface area (Å²) in [4.78, 5) is 16.4. The molecule has 9 heteroatoms. The second-order valence-electron chi connectivity index (χ2n) is 5.78. The molecule has 0 spiro atoms. The van der Waals surface area contributed by atoms with Gasteiger partial charge in [-0.15, -0.1) is 11.3 Å². The van der Waals surface area contributed by atoms with Gasteiger partial charge in [-0.2, -0.15) is 13.2 Å². The lowest BCUT2D eigenvalue weighted by atomic mass is 10.1. The molecule has 2 aromatic carbocycles. The molecule has 0 aliphatic carbocycles. The summed E-state index contributed by atoms with van der Waals surface area (Å²) in [5.74, 6) is 0.0590. The number of thiazole rings is 1. The van der Waals surface area contributed by atoms with E-state index in [2.05, 4.69) is 10.3 Å². The Hall–Kier alpha value is -2.91. The minimum atomic E-state index is -4.51. The van der Waals surface area contributed by atoms with Crippen LogP contribution < -0.4 is 10.1 Å². The molecule has 0 fully saturated rings. The molecule has 3 aromatic rings. The molecule has 0 aliphatic heterocycles. The van der Waals surface area contributed by atoms with E-state index in [1.54, 1.807) is 24.3 Å². The van der Waals surface area contributed by atoms with Crippen LogP contribution in [0.2, 0.25) is 0 Å². The number of carbonyl (C=O) groups excluding carboxylic acids is 1.